The SMILES string of the molecule is C[C@H](CCc1ccccc1)NC(=O)/C=C/c1ccccc1. The van der Waals surface area contributed by atoms with Crippen molar-refractivity contribution in [3.05, 3.63) is 77.9 Å². The molecule has 1 atom stereocenters. The Labute approximate surface area is 126 Å². The maximum Gasteiger partial charge on any atom is 0.244 e. The highest BCUT2D eigenvalue weighted by Crippen LogP contribution is 2.05. The molecule has 0 aliphatic carbocycles. The summed E-state index contributed by atoms with van der Waals surface area (Å²) in [5.41, 5.74) is 2.34. The third-order valence-corrected chi connectivity index (χ3v) is 3.32. The summed E-state index contributed by atoms with van der Waals surface area (Å²) in [4.78, 5) is 11.8. The Morgan fingerprint density at radius 3 is 2.33 bits per heavy atom. The lowest BCUT2D eigenvalue weighted by Crippen LogP contribution is -2.31. The zero-order valence-corrected chi connectivity index (χ0v) is 12.3. The average molecular weight is 279 g/mol. The number of rotatable bonds is 6. The molecule has 21 heavy (non-hydrogen) atoms. The molecule has 0 heterocycles. The first-order chi connectivity index (χ1) is 10.2. The molecule has 2 aromatic rings. The molecule has 0 saturated heterocycles. The van der Waals surface area contributed by atoms with E-state index in [-0.39, 0.29) is 11.9 Å². The lowest BCUT2D eigenvalue weighted by atomic mass is 10.1. The van der Waals surface area contributed by atoms with E-state index < -0.39 is 0 Å². The highest BCUT2D eigenvalue weighted by Gasteiger charge is 2.04. The van der Waals surface area contributed by atoms with Crippen molar-refractivity contribution in [2.45, 2.75) is 25.8 Å². The molecule has 0 aliphatic heterocycles. The van der Waals surface area contributed by atoms with Gasteiger partial charge >= 0.3 is 0 Å². The van der Waals surface area contributed by atoms with Gasteiger partial charge in [0.2, 0.25) is 5.91 Å². The standard InChI is InChI=1S/C19H21NO/c1-16(12-13-17-8-4-2-5-9-17)20-19(21)15-14-18-10-6-3-7-11-18/h2-11,14-16H,12-13H2,1H3,(H,20,21)/b15-14+/t16-/m1/s1. The molecule has 2 nitrogen and oxygen atoms in total. The number of aryl methyl sites for hydroxylation is 1. The van der Waals surface area contributed by atoms with Gasteiger partial charge in [0, 0.05) is 12.1 Å². The van der Waals surface area contributed by atoms with Crippen molar-refractivity contribution in [2.24, 2.45) is 0 Å². The molecule has 0 fully saturated rings. The topological polar surface area (TPSA) is 29.1 Å². The first-order valence-electron chi connectivity index (χ1n) is 7.31. The predicted molar refractivity (Wildman–Crippen MR) is 87.8 cm³/mol. The molecular weight excluding hydrogens is 258 g/mol. The van der Waals surface area contributed by atoms with E-state index >= 15 is 0 Å². The second-order valence-electron chi connectivity index (χ2n) is 5.18. The fraction of sp³-hybridized carbons (Fsp3) is 0.211. The largest absolute Gasteiger partial charge is 0.350 e. The molecule has 1 amide bonds. The molecule has 2 aromatic carbocycles. The molecule has 2 heteroatoms. The van der Waals surface area contributed by atoms with E-state index in [2.05, 4.69) is 17.4 Å². The summed E-state index contributed by atoms with van der Waals surface area (Å²) < 4.78 is 0. The zero-order valence-electron chi connectivity index (χ0n) is 12.3. The van der Waals surface area contributed by atoms with Crippen LogP contribution in [-0.2, 0) is 11.2 Å². The van der Waals surface area contributed by atoms with Gasteiger partial charge in [-0.3, -0.25) is 4.79 Å². The van der Waals surface area contributed by atoms with E-state index in [0.717, 1.165) is 18.4 Å². The molecule has 0 radical (unpaired) electrons. The Balaban J connectivity index is 1.76. The molecule has 0 aromatic heterocycles. The molecule has 0 spiro atoms. The van der Waals surface area contributed by atoms with Gasteiger partial charge in [-0.25, -0.2) is 0 Å². The molecule has 0 bridgehead atoms. The van der Waals surface area contributed by atoms with Crippen LogP contribution in [0.25, 0.3) is 6.08 Å². The van der Waals surface area contributed by atoms with Crippen LogP contribution < -0.4 is 5.32 Å². The van der Waals surface area contributed by atoms with Crippen molar-refractivity contribution in [1.29, 1.82) is 0 Å². The van der Waals surface area contributed by atoms with E-state index in [1.807, 2.05) is 61.5 Å². The molecule has 2 rings (SSSR count). The number of carbonyl (C=O) groups is 1. The van der Waals surface area contributed by atoms with Crippen LogP contribution >= 0.6 is 0 Å². The number of hydrogen-bond donors (Lipinski definition) is 1. The van der Waals surface area contributed by atoms with Gasteiger partial charge in [-0.2, -0.15) is 0 Å². The van der Waals surface area contributed by atoms with E-state index in [0.29, 0.717) is 0 Å². The third kappa shape index (κ3) is 5.65. The van der Waals surface area contributed by atoms with Crippen molar-refractivity contribution in [1.82, 2.24) is 5.32 Å². The fourth-order valence-electron chi connectivity index (χ4n) is 2.13. The molecule has 0 saturated carbocycles. The average Bonchev–Trinajstić information content (AvgIpc) is 2.53. The maximum absolute atomic E-state index is 11.8. The van der Waals surface area contributed by atoms with Crippen LogP contribution in [0.4, 0.5) is 0 Å². The van der Waals surface area contributed by atoms with Gasteiger partial charge in [0.15, 0.2) is 0 Å². The number of hydrogen-bond acceptors (Lipinski definition) is 1. The number of amides is 1. The molecule has 108 valence electrons. The van der Waals surface area contributed by atoms with E-state index in [1.165, 1.54) is 5.56 Å². The number of benzene rings is 2. The van der Waals surface area contributed by atoms with Gasteiger partial charge < -0.3 is 5.32 Å². The van der Waals surface area contributed by atoms with Crippen LogP contribution in [0.2, 0.25) is 0 Å². The highest BCUT2D eigenvalue weighted by atomic mass is 16.1. The van der Waals surface area contributed by atoms with Gasteiger partial charge in [-0.05, 0) is 37.0 Å². The molecule has 0 aliphatic rings. The summed E-state index contributed by atoms with van der Waals surface area (Å²) in [7, 11) is 0. The monoisotopic (exact) mass is 279 g/mol. The lowest BCUT2D eigenvalue weighted by Gasteiger charge is -2.12. The van der Waals surface area contributed by atoms with Gasteiger partial charge in [-0.1, -0.05) is 60.7 Å². The summed E-state index contributed by atoms with van der Waals surface area (Å²) in [6.07, 6.45) is 5.34. The summed E-state index contributed by atoms with van der Waals surface area (Å²) in [6, 6.07) is 20.3. The minimum absolute atomic E-state index is 0.0422. The van der Waals surface area contributed by atoms with Crippen molar-refractivity contribution < 1.29 is 4.79 Å². The fourth-order valence-corrected chi connectivity index (χ4v) is 2.13. The smallest absolute Gasteiger partial charge is 0.244 e. The van der Waals surface area contributed by atoms with Gasteiger partial charge in [-0.15, -0.1) is 0 Å². The summed E-state index contributed by atoms with van der Waals surface area (Å²) in [5.74, 6) is -0.0422. The Hall–Kier alpha value is -2.35. The Kier molecular flexibility index (Phi) is 5.77. The van der Waals surface area contributed by atoms with Crippen LogP contribution in [0.5, 0.6) is 0 Å². The Bertz CT molecular complexity index is 575. The summed E-state index contributed by atoms with van der Waals surface area (Å²) >= 11 is 0. The quantitative estimate of drug-likeness (QED) is 0.800. The number of nitrogens with one attached hydrogen (secondary N) is 1. The van der Waals surface area contributed by atoms with E-state index in [9.17, 15) is 4.79 Å². The van der Waals surface area contributed by atoms with Crippen molar-refractivity contribution in [2.75, 3.05) is 0 Å². The van der Waals surface area contributed by atoms with Crippen LogP contribution in [-0.4, -0.2) is 11.9 Å². The normalized spacial score (nSPS) is 12.2. The first kappa shape index (κ1) is 15.0. The minimum atomic E-state index is -0.0422. The van der Waals surface area contributed by atoms with Gasteiger partial charge in [0.1, 0.15) is 0 Å². The summed E-state index contributed by atoms with van der Waals surface area (Å²) in [5, 5.41) is 2.99. The lowest BCUT2D eigenvalue weighted by molar-refractivity contribution is -0.117. The second kappa shape index (κ2) is 8.05. The van der Waals surface area contributed by atoms with Crippen LogP contribution in [0.15, 0.2) is 66.7 Å². The van der Waals surface area contributed by atoms with Gasteiger partial charge in [0.05, 0.1) is 0 Å². The first-order valence-corrected chi connectivity index (χ1v) is 7.31. The Morgan fingerprint density at radius 2 is 1.67 bits per heavy atom. The summed E-state index contributed by atoms with van der Waals surface area (Å²) in [6.45, 7) is 2.04. The predicted octanol–water partition coefficient (Wildman–Crippen LogP) is 3.84. The van der Waals surface area contributed by atoms with Crippen molar-refractivity contribution in [3.63, 3.8) is 0 Å². The number of carbonyl (C=O) groups excluding carboxylic acids is 1. The molecule has 0 unspecified atom stereocenters. The van der Waals surface area contributed by atoms with Crippen LogP contribution in [0, 0.1) is 0 Å². The van der Waals surface area contributed by atoms with E-state index in [4.69, 9.17) is 0 Å². The third-order valence-electron chi connectivity index (χ3n) is 3.32. The van der Waals surface area contributed by atoms with Crippen molar-refractivity contribution in [3.8, 4) is 0 Å². The highest BCUT2D eigenvalue weighted by molar-refractivity contribution is 5.91. The zero-order chi connectivity index (χ0) is 14.9. The van der Waals surface area contributed by atoms with Crippen molar-refractivity contribution >= 4 is 12.0 Å². The van der Waals surface area contributed by atoms with Crippen LogP contribution in [0.1, 0.15) is 24.5 Å². The Morgan fingerprint density at radius 1 is 1.05 bits per heavy atom. The minimum Gasteiger partial charge on any atom is -0.350 e. The maximum atomic E-state index is 11.8. The molecular formula is C19H21NO. The van der Waals surface area contributed by atoms with E-state index in [1.54, 1.807) is 6.08 Å². The van der Waals surface area contributed by atoms with Gasteiger partial charge in [0.25, 0.3) is 0 Å². The molecule has 1 N–H and O–H groups in total. The van der Waals surface area contributed by atoms with Crippen LogP contribution in [0.3, 0.4) is 0 Å². The second-order valence-corrected chi connectivity index (χ2v) is 5.18.